The molecule has 1 N–H and O–H groups in total. The first-order valence-corrected chi connectivity index (χ1v) is 10.1. The fourth-order valence-electron chi connectivity index (χ4n) is 3.95. The van der Waals surface area contributed by atoms with Gasteiger partial charge in [0.25, 0.3) is 5.91 Å². The van der Waals surface area contributed by atoms with Crippen LogP contribution < -0.4 is 9.80 Å². The van der Waals surface area contributed by atoms with E-state index in [0.717, 1.165) is 31.0 Å². The molecule has 2 fully saturated rings. The minimum Gasteiger partial charge on any atom is -0.478 e. The number of aryl methyl sites for hydroxylation is 1. The molecule has 9 heteroatoms. The summed E-state index contributed by atoms with van der Waals surface area (Å²) in [6.07, 6.45) is 0.219. The van der Waals surface area contributed by atoms with Gasteiger partial charge in [-0.1, -0.05) is 6.07 Å². The number of aliphatic carboxylic acids is 1. The monoisotopic (exact) mass is 416 g/mol. The highest BCUT2D eigenvalue weighted by Gasteiger charge is 2.43. The summed E-state index contributed by atoms with van der Waals surface area (Å²) < 4.78 is 10.2. The molecule has 1 aliphatic carbocycles. The number of amides is 2. The molecular formula is C21H24N2O7. The van der Waals surface area contributed by atoms with Gasteiger partial charge in [-0.25, -0.2) is 4.79 Å². The number of hydrogen-bond donors (Lipinski definition) is 1. The minimum absolute atomic E-state index is 0.0820. The number of rotatable bonds is 6. The zero-order chi connectivity index (χ0) is 21.4. The van der Waals surface area contributed by atoms with Crippen molar-refractivity contribution in [3.63, 3.8) is 0 Å². The summed E-state index contributed by atoms with van der Waals surface area (Å²) in [4.78, 5) is 51.6. The Morgan fingerprint density at radius 1 is 1.27 bits per heavy atom. The number of ether oxygens (including phenoxy) is 2. The molecule has 2 amide bonds. The van der Waals surface area contributed by atoms with Gasteiger partial charge in [0.05, 0.1) is 6.61 Å². The van der Waals surface area contributed by atoms with Gasteiger partial charge in [-0.2, -0.15) is 0 Å². The molecule has 0 bridgehead atoms. The second-order valence-electron chi connectivity index (χ2n) is 7.91. The second-order valence-corrected chi connectivity index (χ2v) is 7.91. The van der Waals surface area contributed by atoms with E-state index in [1.807, 2.05) is 12.1 Å². The van der Waals surface area contributed by atoms with Crippen LogP contribution in [0.5, 0.6) is 0 Å². The van der Waals surface area contributed by atoms with Crippen LogP contribution in [0.3, 0.4) is 0 Å². The summed E-state index contributed by atoms with van der Waals surface area (Å²) in [6.45, 7) is 2.10. The lowest BCUT2D eigenvalue weighted by atomic mass is 9.99. The highest BCUT2D eigenvalue weighted by Crippen LogP contribution is 2.37. The largest absolute Gasteiger partial charge is 0.478 e. The molecule has 2 atom stereocenters. The average Bonchev–Trinajstić information content (AvgIpc) is 3.52. The van der Waals surface area contributed by atoms with Crippen LogP contribution in [0.2, 0.25) is 0 Å². The Hall–Kier alpha value is -2.94. The summed E-state index contributed by atoms with van der Waals surface area (Å²) in [5.41, 5.74) is 2.43. The van der Waals surface area contributed by atoms with E-state index < -0.39 is 30.1 Å². The topological polar surface area (TPSA) is 113 Å². The predicted molar refractivity (Wildman–Crippen MR) is 105 cm³/mol. The van der Waals surface area contributed by atoms with Gasteiger partial charge in [0.15, 0.2) is 6.10 Å². The number of benzene rings is 1. The van der Waals surface area contributed by atoms with Gasteiger partial charge >= 0.3 is 11.9 Å². The molecule has 2 aliphatic heterocycles. The number of carboxylic acids is 1. The number of carbonyl (C=O) groups is 4. The molecule has 1 aromatic carbocycles. The van der Waals surface area contributed by atoms with Crippen molar-refractivity contribution in [2.45, 2.75) is 44.8 Å². The number of carbonyl (C=O) groups excluding carboxylic acids is 3. The van der Waals surface area contributed by atoms with E-state index in [4.69, 9.17) is 9.47 Å². The maximum atomic E-state index is 13.0. The Morgan fingerprint density at radius 2 is 2.03 bits per heavy atom. The fourth-order valence-corrected chi connectivity index (χ4v) is 3.95. The molecule has 4 rings (SSSR count). The first kappa shape index (κ1) is 20.3. The van der Waals surface area contributed by atoms with E-state index >= 15 is 0 Å². The molecule has 0 unspecified atom stereocenters. The van der Waals surface area contributed by atoms with E-state index in [0.29, 0.717) is 31.0 Å². The number of hydrogen-bond acceptors (Lipinski definition) is 6. The van der Waals surface area contributed by atoms with Crippen molar-refractivity contribution in [2.75, 3.05) is 29.5 Å². The lowest BCUT2D eigenvalue weighted by molar-refractivity contribution is -0.177. The van der Waals surface area contributed by atoms with Gasteiger partial charge in [0, 0.05) is 37.8 Å². The third-order valence-electron chi connectivity index (χ3n) is 5.65. The van der Waals surface area contributed by atoms with Gasteiger partial charge in [-0.15, -0.1) is 0 Å². The van der Waals surface area contributed by atoms with Crippen LogP contribution in [-0.2, 0) is 35.1 Å². The summed E-state index contributed by atoms with van der Waals surface area (Å²) >= 11 is 0. The molecule has 2 heterocycles. The van der Waals surface area contributed by atoms with Crippen molar-refractivity contribution in [1.29, 1.82) is 0 Å². The molecule has 0 radical (unpaired) electrons. The van der Waals surface area contributed by atoms with E-state index in [9.17, 15) is 24.3 Å². The van der Waals surface area contributed by atoms with E-state index in [2.05, 4.69) is 0 Å². The molecule has 1 saturated carbocycles. The van der Waals surface area contributed by atoms with Crippen molar-refractivity contribution in [3.8, 4) is 0 Å². The number of carboxylic acid groups (broad SMARTS) is 1. The van der Waals surface area contributed by atoms with Crippen LogP contribution >= 0.6 is 0 Å². The Bertz CT molecular complexity index is 895. The zero-order valence-corrected chi connectivity index (χ0v) is 16.7. The maximum Gasteiger partial charge on any atom is 0.348 e. The molecular weight excluding hydrogens is 392 g/mol. The van der Waals surface area contributed by atoms with Gasteiger partial charge in [0.2, 0.25) is 12.0 Å². The minimum atomic E-state index is -1.72. The molecule has 1 aromatic rings. The van der Waals surface area contributed by atoms with Gasteiger partial charge in [0.1, 0.15) is 0 Å². The van der Waals surface area contributed by atoms with Crippen molar-refractivity contribution in [1.82, 2.24) is 0 Å². The van der Waals surface area contributed by atoms with Crippen LogP contribution in [0, 0.1) is 5.92 Å². The standard InChI is InChI=1S/C21H24N2O7/c1-12(24)30-19(21(27)28)18-20(26)22(8-9-29-18)15-6-4-14-5-7-17(25)23(16(14)10-15)11-13-2-3-13/h4,6,10,13,18-19H,2-3,5,7-9,11H2,1H3,(H,27,28)/t18-,19-/m1/s1. The number of anilines is 2. The highest BCUT2D eigenvalue weighted by molar-refractivity contribution is 6.02. The fraction of sp³-hybridized carbons (Fsp3) is 0.524. The molecule has 160 valence electrons. The summed E-state index contributed by atoms with van der Waals surface area (Å²) in [5, 5.41) is 9.39. The predicted octanol–water partition coefficient (Wildman–Crippen LogP) is 1.12. The van der Waals surface area contributed by atoms with Crippen molar-refractivity contribution >= 4 is 35.1 Å². The number of fused-ring (bicyclic) bond motifs is 1. The summed E-state index contributed by atoms with van der Waals surface area (Å²) in [5.74, 6) is -2.24. The van der Waals surface area contributed by atoms with E-state index in [-0.39, 0.29) is 19.1 Å². The average molecular weight is 416 g/mol. The Labute approximate surface area is 173 Å². The summed E-state index contributed by atoms with van der Waals surface area (Å²) in [6, 6.07) is 5.53. The van der Waals surface area contributed by atoms with Crippen molar-refractivity contribution in [2.24, 2.45) is 5.92 Å². The molecule has 30 heavy (non-hydrogen) atoms. The quantitative estimate of drug-likeness (QED) is 0.692. The normalized spacial score (nSPS) is 22.5. The number of nitrogens with zero attached hydrogens (tertiary/aromatic N) is 2. The Kier molecular flexibility index (Phi) is 5.46. The van der Waals surface area contributed by atoms with Gasteiger partial charge in [-0.05, 0) is 42.9 Å². The number of morpholine rings is 1. The SMILES string of the molecule is CC(=O)O[C@@H](C(=O)O)[C@H]1OCCN(c2ccc3c(c2)N(CC2CC2)C(=O)CC3)C1=O. The molecule has 3 aliphatic rings. The lowest BCUT2D eigenvalue weighted by Gasteiger charge is -2.36. The molecule has 1 saturated heterocycles. The molecule has 0 aromatic heterocycles. The van der Waals surface area contributed by atoms with E-state index in [1.165, 1.54) is 4.90 Å². The Balaban J connectivity index is 1.61. The first-order valence-electron chi connectivity index (χ1n) is 10.1. The van der Waals surface area contributed by atoms with Gasteiger partial charge in [-0.3, -0.25) is 14.4 Å². The maximum absolute atomic E-state index is 13.0. The van der Waals surface area contributed by atoms with Crippen LogP contribution in [0.4, 0.5) is 11.4 Å². The van der Waals surface area contributed by atoms with Crippen molar-refractivity contribution < 1.29 is 33.8 Å². The Morgan fingerprint density at radius 3 is 2.70 bits per heavy atom. The first-order chi connectivity index (χ1) is 14.3. The van der Waals surface area contributed by atoms with Crippen LogP contribution in [0.25, 0.3) is 0 Å². The van der Waals surface area contributed by atoms with Crippen LogP contribution in [0.1, 0.15) is 31.7 Å². The van der Waals surface area contributed by atoms with Gasteiger partial charge < -0.3 is 24.4 Å². The molecule has 9 nitrogen and oxygen atoms in total. The van der Waals surface area contributed by atoms with Crippen molar-refractivity contribution in [3.05, 3.63) is 23.8 Å². The van der Waals surface area contributed by atoms with Crippen LogP contribution in [-0.4, -0.2) is 60.8 Å². The lowest BCUT2D eigenvalue weighted by Crippen LogP contribution is -2.55. The number of esters is 1. The summed E-state index contributed by atoms with van der Waals surface area (Å²) in [7, 11) is 0. The zero-order valence-electron chi connectivity index (χ0n) is 16.7. The molecule has 0 spiro atoms. The third kappa shape index (κ3) is 4.02. The highest BCUT2D eigenvalue weighted by atomic mass is 16.6. The third-order valence-corrected chi connectivity index (χ3v) is 5.65. The second kappa shape index (κ2) is 8.06. The van der Waals surface area contributed by atoms with Crippen LogP contribution in [0.15, 0.2) is 18.2 Å². The smallest absolute Gasteiger partial charge is 0.348 e. The van der Waals surface area contributed by atoms with E-state index in [1.54, 1.807) is 11.0 Å².